The number of benzene rings is 1. The van der Waals surface area contributed by atoms with Crippen LogP contribution in [0.2, 0.25) is 0 Å². The average Bonchev–Trinajstić information content (AvgIpc) is 2.08. The van der Waals surface area contributed by atoms with Crippen LogP contribution >= 0.6 is 0 Å². The molecule has 0 saturated heterocycles. The van der Waals surface area contributed by atoms with Gasteiger partial charge in [-0.15, -0.1) is 0 Å². The first-order chi connectivity index (χ1) is 5.65. The fourth-order valence-electron chi connectivity index (χ4n) is 0.809. The molecule has 1 amide bonds. The molecule has 0 radical (unpaired) electrons. The maximum Gasteiger partial charge on any atom is 0.251 e. The molecule has 0 unspecified atom stereocenters. The molecule has 12 heavy (non-hydrogen) atoms. The van der Waals surface area contributed by atoms with Crippen molar-refractivity contribution in [3.05, 3.63) is 23.8 Å². The Labute approximate surface area is 69.5 Å². The van der Waals surface area contributed by atoms with Crippen LogP contribution in [0.3, 0.4) is 0 Å². The predicted octanol–water partition coefficient (Wildman–Crippen LogP) is 0.457. The molecule has 0 aliphatic carbocycles. The van der Waals surface area contributed by atoms with Gasteiger partial charge in [0.15, 0.2) is 11.5 Å². The van der Waals surface area contributed by atoms with Gasteiger partial charge in [-0.1, -0.05) is 0 Å². The van der Waals surface area contributed by atoms with E-state index in [2.05, 4.69) is 5.32 Å². The minimum Gasteiger partial charge on any atom is -0.504 e. The molecule has 0 aliphatic rings. The largest absolute Gasteiger partial charge is 0.504 e. The third-order valence-electron chi connectivity index (χ3n) is 1.46. The van der Waals surface area contributed by atoms with E-state index in [0.29, 0.717) is 5.56 Å². The average molecular weight is 167 g/mol. The maximum atomic E-state index is 11.0. The summed E-state index contributed by atoms with van der Waals surface area (Å²) in [7, 11) is 1.49. The van der Waals surface area contributed by atoms with Crippen LogP contribution < -0.4 is 5.32 Å². The highest BCUT2D eigenvalue weighted by Crippen LogP contribution is 2.24. The van der Waals surface area contributed by atoms with E-state index in [0.717, 1.165) is 0 Å². The van der Waals surface area contributed by atoms with Crippen molar-refractivity contribution in [2.45, 2.75) is 0 Å². The van der Waals surface area contributed by atoms with Crippen LogP contribution in [-0.4, -0.2) is 23.2 Å². The molecule has 1 aromatic rings. The van der Waals surface area contributed by atoms with Crippen LogP contribution in [0.15, 0.2) is 18.2 Å². The minimum absolute atomic E-state index is 0.234. The molecule has 1 rings (SSSR count). The van der Waals surface area contributed by atoms with Crippen molar-refractivity contribution in [3.8, 4) is 11.5 Å². The van der Waals surface area contributed by atoms with E-state index >= 15 is 0 Å². The van der Waals surface area contributed by atoms with Crippen molar-refractivity contribution in [2.75, 3.05) is 7.05 Å². The first kappa shape index (κ1) is 8.39. The summed E-state index contributed by atoms with van der Waals surface area (Å²) in [5.41, 5.74) is 0.313. The summed E-state index contributed by atoms with van der Waals surface area (Å²) < 4.78 is 0. The van der Waals surface area contributed by atoms with E-state index in [4.69, 9.17) is 10.2 Å². The zero-order chi connectivity index (χ0) is 9.14. The van der Waals surface area contributed by atoms with E-state index in [1.807, 2.05) is 0 Å². The predicted molar refractivity (Wildman–Crippen MR) is 43.2 cm³/mol. The molecule has 4 nitrogen and oxygen atoms in total. The molecular formula is C8H9NO3. The van der Waals surface area contributed by atoms with Gasteiger partial charge in [0.1, 0.15) is 0 Å². The maximum absolute atomic E-state index is 11.0. The third-order valence-corrected chi connectivity index (χ3v) is 1.46. The second-order valence-electron chi connectivity index (χ2n) is 2.28. The van der Waals surface area contributed by atoms with E-state index < -0.39 is 0 Å². The van der Waals surface area contributed by atoms with Crippen LogP contribution in [0, 0.1) is 0 Å². The van der Waals surface area contributed by atoms with E-state index in [9.17, 15) is 4.79 Å². The van der Waals surface area contributed by atoms with Gasteiger partial charge in [0.2, 0.25) is 0 Å². The summed E-state index contributed by atoms with van der Waals surface area (Å²) in [6.07, 6.45) is 0. The number of carbonyl (C=O) groups is 1. The Morgan fingerprint density at radius 1 is 1.33 bits per heavy atom. The summed E-state index contributed by atoms with van der Waals surface area (Å²) in [6, 6.07) is 3.89. The van der Waals surface area contributed by atoms with Gasteiger partial charge in [-0.25, -0.2) is 0 Å². The molecule has 4 heteroatoms. The molecular weight excluding hydrogens is 158 g/mol. The SMILES string of the molecule is CNC(=O)c1ccc(O)c(O)c1. The monoisotopic (exact) mass is 167 g/mol. The molecule has 0 saturated carbocycles. The normalized spacial score (nSPS) is 9.42. The Morgan fingerprint density at radius 3 is 2.50 bits per heavy atom. The van der Waals surface area contributed by atoms with Crippen LogP contribution in [0.5, 0.6) is 11.5 Å². The third kappa shape index (κ3) is 1.47. The summed E-state index contributed by atoms with van der Waals surface area (Å²) in [4.78, 5) is 11.0. The molecule has 0 heterocycles. The molecule has 0 aromatic heterocycles. The number of phenols is 2. The first-order valence-electron chi connectivity index (χ1n) is 3.39. The Hall–Kier alpha value is -1.71. The summed E-state index contributed by atoms with van der Waals surface area (Å²) in [6.45, 7) is 0. The van der Waals surface area contributed by atoms with Crippen LogP contribution in [-0.2, 0) is 0 Å². The smallest absolute Gasteiger partial charge is 0.251 e. The molecule has 1 aromatic carbocycles. The van der Waals surface area contributed by atoms with Gasteiger partial charge in [0.05, 0.1) is 0 Å². The molecule has 0 bridgehead atoms. The summed E-state index contributed by atoms with van der Waals surface area (Å²) in [5, 5.41) is 20.3. The van der Waals surface area contributed by atoms with Crippen LogP contribution in [0.4, 0.5) is 0 Å². The van der Waals surface area contributed by atoms with Crippen molar-refractivity contribution in [1.29, 1.82) is 0 Å². The van der Waals surface area contributed by atoms with Gasteiger partial charge >= 0.3 is 0 Å². The lowest BCUT2D eigenvalue weighted by atomic mass is 10.2. The zero-order valence-corrected chi connectivity index (χ0v) is 6.53. The number of hydrogen-bond acceptors (Lipinski definition) is 3. The number of nitrogens with one attached hydrogen (secondary N) is 1. The van der Waals surface area contributed by atoms with E-state index in [-0.39, 0.29) is 17.4 Å². The Kier molecular flexibility index (Phi) is 2.19. The van der Waals surface area contributed by atoms with Crippen molar-refractivity contribution in [1.82, 2.24) is 5.32 Å². The van der Waals surface area contributed by atoms with Gasteiger partial charge < -0.3 is 15.5 Å². The topological polar surface area (TPSA) is 69.6 Å². The minimum atomic E-state index is -0.301. The van der Waals surface area contributed by atoms with Crippen molar-refractivity contribution in [2.24, 2.45) is 0 Å². The lowest BCUT2D eigenvalue weighted by Crippen LogP contribution is -2.17. The first-order valence-corrected chi connectivity index (χ1v) is 3.39. The second kappa shape index (κ2) is 3.13. The van der Waals surface area contributed by atoms with E-state index in [1.54, 1.807) is 0 Å². The number of rotatable bonds is 1. The highest BCUT2D eigenvalue weighted by molar-refractivity contribution is 5.94. The highest BCUT2D eigenvalue weighted by Gasteiger charge is 2.05. The van der Waals surface area contributed by atoms with Crippen LogP contribution in [0.25, 0.3) is 0 Å². The fraction of sp³-hybridized carbons (Fsp3) is 0.125. The lowest BCUT2D eigenvalue weighted by Gasteiger charge is -2.01. The number of hydrogen-bond donors (Lipinski definition) is 3. The number of phenolic OH excluding ortho intramolecular Hbond substituents is 2. The van der Waals surface area contributed by atoms with Gasteiger partial charge in [0.25, 0.3) is 5.91 Å². The van der Waals surface area contributed by atoms with Crippen molar-refractivity contribution in [3.63, 3.8) is 0 Å². The van der Waals surface area contributed by atoms with Crippen molar-refractivity contribution < 1.29 is 15.0 Å². The number of aromatic hydroxyl groups is 2. The molecule has 0 atom stereocenters. The summed E-state index contributed by atoms with van der Waals surface area (Å²) in [5.74, 6) is -0.830. The van der Waals surface area contributed by atoms with Gasteiger partial charge in [-0.05, 0) is 18.2 Å². The fourth-order valence-corrected chi connectivity index (χ4v) is 0.809. The Morgan fingerprint density at radius 2 is 2.00 bits per heavy atom. The highest BCUT2D eigenvalue weighted by atomic mass is 16.3. The lowest BCUT2D eigenvalue weighted by molar-refractivity contribution is 0.0962. The molecule has 0 fully saturated rings. The number of amides is 1. The molecule has 3 N–H and O–H groups in total. The zero-order valence-electron chi connectivity index (χ0n) is 6.53. The van der Waals surface area contributed by atoms with Crippen molar-refractivity contribution >= 4 is 5.91 Å². The van der Waals surface area contributed by atoms with Crippen LogP contribution in [0.1, 0.15) is 10.4 Å². The van der Waals surface area contributed by atoms with Gasteiger partial charge in [-0.3, -0.25) is 4.79 Å². The van der Waals surface area contributed by atoms with E-state index in [1.165, 1.54) is 25.2 Å². The quantitative estimate of drug-likeness (QED) is 0.532. The number of carbonyl (C=O) groups excluding carboxylic acids is 1. The van der Waals surface area contributed by atoms with Gasteiger partial charge in [-0.2, -0.15) is 0 Å². The summed E-state index contributed by atoms with van der Waals surface area (Å²) >= 11 is 0. The second-order valence-corrected chi connectivity index (χ2v) is 2.28. The standard InChI is InChI=1S/C8H9NO3/c1-9-8(12)5-2-3-6(10)7(11)4-5/h2-4,10-11H,1H3,(H,9,12). The Bertz CT molecular complexity index is 309. The molecule has 0 aliphatic heterocycles. The molecule has 0 spiro atoms. The Balaban J connectivity index is 3.05. The van der Waals surface area contributed by atoms with Gasteiger partial charge in [0, 0.05) is 12.6 Å². The molecule has 64 valence electrons.